The molecule has 3 aromatic carbocycles. The lowest BCUT2D eigenvalue weighted by Gasteiger charge is -2.32. The summed E-state index contributed by atoms with van der Waals surface area (Å²) in [5.41, 5.74) is 2.54. The van der Waals surface area contributed by atoms with Gasteiger partial charge < -0.3 is 26.2 Å². The molecule has 0 unspecified atom stereocenters. The first kappa shape index (κ1) is 22.8. The lowest BCUT2D eigenvalue weighted by molar-refractivity contribution is -0.121. The van der Waals surface area contributed by atoms with Gasteiger partial charge in [-0.25, -0.2) is 9.59 Å². The number of benzene rings is 3. The number of nitrogens with zero attached hydrogens (tertiary/aromatic N) is 1. The van der Waals surface area contributed by atoms with Crippen molar-refractivity contribution in [1.29, 1.82) is 0 Å². The SMILES string of the molecule is O=C(Nc1ccccc1)Nc1cccc(NC(=O)[C@H]2CCCN(C(=O)Nc3ccccc3)C2)c1. The predicted molar refractivity (Wildman–Crippen MR) is 134 cm³/mol. The first-order valence-corrected chi connectivity index (χ1v) is 11.2. The number of rotatable bonds is 5. The fourth-order valence-corrected chi connectivity index (χ4v) is 3.83. The van der Waals surface area contributed by atoms with Crippen molar-refractivity contribution < 1.29 is 14.4 Å². The summed E-state index contributed by atoms with van der Waals surface area (Å²) >= 11 is 0. The molecule has 1 atom stereocenters. The van der Waals surface area contributed by atoms with Gasteiger partial charge in [0.25, 0.3) is 0 Å². The highest BCUT2D eigenvalue weighted by Crippen LogP contribution is 2.21. The van der Waals surface area contributed by atoms with E-state index >= 15 is 0 Å². The Hall–Kier alpha value is -4.33. The number of para-hydroxylation sites is 2. The minimum atomic E-state index is -0.373. The van der Waals surface area contributed by atoms with E-state index in [2.05, 4.69) is 21.3 Å². The number of urea groups is 2. The molecular weight excluding hydrogens is 430 g/mol. The molecule has 174 valence electrons. The van der Waals surface area contributed by atoms with Gasteiger partial charge >= 0.3 is 12.1 Å². The van der Waals surface area contributed by atoms with E-state index in [1.807, 2.05) is 48.5 Å². The Morgan fingerprint density at radius 3 is 1.91 bits per heavy atom. The normalized spacial score (nSPS) is 15.2. The maximum atomic E-state index is 12.9. The molecule has 1 saturated heterocycles. The Labute approximate surface area is 198 Å². The van der Waals surface area contributed by atoms with E-state index in [4.69, 9.17) is 0 Å². The molecule has 3 aromatic rings. The van der Waals surface area contributed by atoms with Crippen LogP contribution in [0.25, 0.3) is 0 Å². The van der Waals surface area contributed by atoms with E-state index in [0.717, 1.165) is 12.1 Å². The number of hydrogen-bond acceptors (Lipinski definition) is 3. The van der Waals surface area contributed by atoms with Crippen molar-refractivity contribution in [3.8, 4) is 0 Å². The van der Waals surface area contributed by atoms with Crippen LogP contribution in [-0.2, 0) is 4.79 Å². The number of likely N-dealkylation sites (tertiary alicyclic amines) is 1. The summed E-state index contributed by atoms with van der Waals surface area (Å²) in [5, 5.41) is 11.3. The molecule has 0 aromatic heterocycles. The Kier molecular flexibility index (Phi) is 7.39. The molecule has 4 rings (SSSR count). The molecule has 8 heteroatoms. The summed E-state index contributed by atoms with van der Waals surface area (Å²) in [6, 6.07) is 24.8. The van der Waals surface area contributed by atoms with Crippen molar-refractivity contribution in [1.82, 2.24) is 4.90 Å². The second-order valence-corrected chi connectivity index (χ2v) is 8.10. The third-order valence-corrected chi connectivity index (χ3v) is 5.52. The van der Waals surface area contributed by atoms with Gasteiger partial charge in [0.1, 0.15) is 0 Å². The van der Waals surface area contributed by atoms with Gasteiger partial charge in [-0.05, 0) is 55.3 Å². The zero-order valence-electron chi connectivity index (χ0n) is 18.7. The van der Waals surface area contributed by atoms with Crippen LogP contribution in [0.15, 0.2) is 84.9 Å². The first-order valence-electron chi connectivity index (χ1n) is 11.2. The van der Waals surface area contributed by atoms with Crippen LogP contribution in [0.2, 0.25) is 0 Å². The topological polar surface area (TPSA) is 103 Å². The number of anilines is 4. The van der Waals surface area contributed by atoms with E-state index in [1.165, 1.54) is 0 Å². The Bertz CT molecular complexity index is 1140. The molecule has 5 amide bonds. The van der Waals surface area contributed by atoms with Crippen LogP contribution in [-0.4, -0.2) is 36.0 Å². The average molecular weight is 458 g/mol. The second-order valence-electron chi connectivity index (χ2n) is 8.10. The zero-order valence-corrected chi connectivity index (χ0v) is 18.7. The van der Waals surface area contributed by atoms with Crippen molar-refractivity contribution in [2.24, 2.45) is 5.92 Å². The molecule has 1 heterocycles. The van der Waals surface area contributed by atoms with Crippen molar-refractivity contribution in [3.63, 3.8) is 0 Å². The Balaban J connectivity index is 1.31. The van der Waals surface area contributed by atoms with Gasteiger partial charge in [-0.3, -0.25) is 4.79 Å². The highest BCUT2D eigenvalue weighted by Gasteiger charge is 2.28. The van der Waals surface area contributed by atoms with Gasteiger partial charge in [-0.1, -0.05) is 42.5 Å². The quantitative estimate of drug-likeness (QED) is 0.423. The molecule has 1 aliphatic rings. The number of nitrogens with one attached hydrogen (secondary N) is 4. The number of amides is 5. The molecule has 0 bridgehead atoms. The Morgan fingerprint density at radius 2 is 1.24 bits per heavy atom. The number of carbonyl (C=O) groups excluding carboxylic acids is 3. The number of hydrogen-bond donors (Lipinski definition) is 4. The summed E-state index contributed by atoms with van der Waals surface area (Å²) in [6.07, 6.45) is 1.46. The van der Waals surface area contributed by atoms with Gasteiger partial charge in [0, 0.05) is 35.8 Å². The number of carbonyl (C=O) groups is 3. The third kappa shape index (κ3) is 6.35. The monoisotopic (exact) mass is 457 g/mol. The van der Waals surface area contributed by atoms with Crippen molar-refractivity contribution in [3.05, 3.63) is 84.9 Å². The summed E-state index contributed by atoms with van der Waals surface area (Å²) < 4.78 is 0. The predicted octanol–water partition coefficient (Wildman–Crippen LogP) is 5.21. The second kappa shape index (κ2) is 11.0. The van der Waals surface area contributed by atoms with Crippen LogP contribution >= 0.6 is 0 Å². The lowest BCUT2D eigenvalue weighted by atomic mass is 9.97. The molecule has 0 spiro atoms. The number of piperidine rings is 1. The zero-order chi connectivity index (χ0) is 23.8. The molecule has 0 aliphatic carbocycles. The fraction of sp³-hybridized carbons (Fsp3) is 0.192. The summed E-state index contributed by atoms with van der Waals surface area (Å²) in [7, 11) is 0. The first-order chi connectivity index (χ1) is 16.6. The molecule has 0 radical (unpaired) electrons. The van der Waals surface area contributed by atoms with E-state index < -0.39 is 0 Å². The molecular formula is C26H27N5O3. The molecule has 0 saturated carbocycles. The molecule has 4 N–H and O–H groups in total. The van der Waals surface area contributed by atoms with Crippen LogP contribution < -0.4 is 21.3 Å². The third-order valence-electron chi connectivity index (χ3n) is 5.52. The average Bonchev–Trinajstić information content (AvgIpc) is 2.85. The van der Waals surface area contributed by atoms with Crippen molar-refractivity contribution in [2.75, 3.05) is 34.4 Å². The molecule has 1 aliphatic heterocycles. The van der Waals surface area contributed by atoms with E-state index in [-0.39, 0.29) is 23.9 Å². The van der Waals surface area contributed by atoms with Gasteiger partial charge in [0.2, 0.25) is 5.91 Å². The van der Waals surface area contributed by atoms with Crippen LogP contribution in [0.1, 0.15) is 12.8 Å². The van der Waals surface area contributed by atoms with Crippen LogP contribution in [0.5, 0.6) is 0 Å². The minimum absolute atomic E-state index is 0.150. The molecule has 8 nitrogen and oxygen atoms in total. The largest absolute Gasteiger partial charge is 0.326 e. The summed E-state index contributed by atoms with van der Waals surface area (Å²) in [4.78, 5) is 39.4. The van der Waals surface area contributed by atoms with E-state index in [9.17, 15) is 14.4 Å². The van der Waals surface area contributed by atoms with Crippen LogP contribution in [0, 0.1) is 5.92 Å². The van der Waals surface area contributed by atoms with Crippen LogP contribution in [0.4, 0.5) is 32.3 Å². The molecule has 1 fully saturated rings. The van der Waals surface area contributed by atoms with E-state index in [0.29, 0.717) is 36.6 Å². The highest BCUT2D eigenvalue weighted by atomic mass is 16.2. The maximum Gasteiger partial charge on any atom is 0.323 e. The van der Waals surface area contributed by atoms with Gasteiger partial charge in [0.15, 0.2) is 0 Å². The lowest BCUT2D eigenvalue weighted by Crippen LogP contribution is -2.45. The van der Waals surface area contributed by atoms with Crippen molar-refractivity contribution in [2.45, 2.75) is 12.8 Å². The summed E-state index contributed by atoms with van der Waals surface area (Å²) in [6.45, 7) is 0.959. The maximum absolute atomic E-state index is 12.9. The smallest absolute Gasteiger partial charge is 0.323 e. The summed E-state index contributed by atoms with van der Waals surface area (Å²) in [5.74, 6) is -0.462. The van der Waals surface area contributed by atoms with Gasteiger partial charge in [0.05, 0.1) is 5.92 Å². The van der Waals surface area contributed by atoms with Gasteiger partial charge in [-0.2, -0.15) is 0 Å². The highest BCUT2D eigenvalue weighted by molar-refractivity contribution is 6.00. The fourth-order valence-electron chi connectivity index (χ4n) is 3.83. The Morgan fingerprint density at radius 1 is 0.676 bits per heavy atom. The standard InChI is InChI=1S/C26H27N5O3/c32-24(19-9-8-16-31(18-19)26(34)30-21-12-5-2-6-13-21)27-22-14-7-15-23(17-22)29-25(33)28-20-10-3-1-4-11-20/h1-7,10-15,17,19H,8-9,16,18H2,(H,27,32)(H,30,34)(H2,28,29,33)/t19-/m0/s1. The van der Waals surface area contributed by atoms with Crippen LogP contribution in [0.3, 0.4) is 0 Å². The minimum Gasteiger partial charge on any atom is -0.326 e. The molecule has 34 heavy (non-hydrogen) atoms. The van der Waals surface area contributed by atoms with Gasteiger partial charge in [-0.15, -0.1) is 0 Å². The van der Waals surface area contributed by atoms with E-state index in [1.54, 1.807) is 41.3 Å². The van der Waals surface area contributed by atoms with Crippen molar-refractivity contribution >= 4 is 40.7 Å².